The molecule has 2 heterocycles. The topological polar surface area (TPSA) is 62.5 Å². The first-order valence-electron chi connectivity index (χ1n) is 7.64. The van der Waals surface area contributed by atoms with Gasteiger partial charge in [0.15, 0.2) is 5.96 Å². The van der Waals surface area contributed by atoms with Crippen molar-refractivity contribution in [2.45, 2.75) is 26.4 Å². The van der Waals surface area contributed by atoms with Gasteiger partial charge in [-0.15, -0.1) is 11.3 Å². The molecule has 2 aromatic heterocycles. The number of fused-ring (bicyclic) bond motifs is 1. The number of nitrogens with one attached hydrogen (secondary N) is 2. The van der Waals surface area contributed by atoms with Crippen molar-refractivity contribution in [3.63, 3.8) is 0 Å². The van der Waals surface area contributed by atoms with Gasteiger partial charge in [0, 0.05) is 23.5 Å². The van der Waals surface area contributed by atoms with Crippen LogP contribution < -0.4 is 10.6 Å². The molecule has 0 saturated carbocycles. The first kappa shape index (κ1) is 15.6. The number of aromatic nitrogens is 1. The van der Waals surface area contributed by atoms with Crippen molar-refractivity contribution in [2.75, 3.05) is 7.05 Å². The van der Waals surface area contributed by atoms with Gasteiger partial charge in [-0.25, -0.2) is 4.98 Å². The number of thiazole rings is 1. The van der Waals surface area contributed by atoms with E-state index in [0.717, 1.165) is 34.1 Å². The van der Waals surface area contributed by atoms with Crippen molar-refractivity contribution in [1.29, 1.82) is 0 Å². The van der Waals surface area contributed by atoms with Gasteiger partial charge in [0.1, 0.15) is 16.4 Å². The fourth-order valence-corrected chi connectivity index (χ4v) is 3.07. The molecule has 120 valence electrons. The summed E-state index contributed by atoms with van der Waals surface area (Å²) in [6.45, 7) is 3.40. The highest BCUT2D eigenvalue weighted by Crippen LogP contribution is 2.18. The van der Waals surface area contributed by atoms with Crippen LogP contribution in [0.2, 0.25) is 0 Å². The number of nitrogens with zero attached hydrogens (tertiary/aromatic N) is 2. The molecule has 0 aliphatic carbocycles. The second kappa shape index (κ2) is 7.28. The lowest BCUT2D eigenvalue weighted by Gasteiger charge is -2.09. The van der Waals surface area contributed by atoms with Gasteiger partial charge in [-0.3, -0.25) is 4.99 Å². The average molecular weight is 328 g/mol. The average Bonchev–Trinajstić information content (AvgIpc) is 3.21. The molecule has 5 nitrogen and oxygen atoms in total. The molecular weight excluding hydrogens is 308 g/mol. The zero-order valence-corrected chi connectivity index (χ0v) is 14.1. The van der Waals surface area contributed by atoms with E-state index in [1.165, 1.54) is 4.88 Å². The highest BCUT2D eigenvalue weighted by molar-refractivity contribution is 7.11. The fraction of sp³-hybridized carbons (Fsp3) is 0.294. The second-order valence-electron chi connectivity index (χ2n) is 5.10. The maximum atomic E-state index is 5.79. The van der Waals surface area contributed by atoms with Crippen LogP contribution in [-0.4, -0.2) is 18.0 Å². The molecule has 0 saturated heterocycles. The number of para-hydroxylation sites is 1. The Hall–Kier alpha value is -2.34. The molecule has 0 spiro atoms. The van der Waals surface area contributed by atoms with Crippen LogP contribution in [0.15, 0.2) is 45.9 Å². The zero-order chi connectivity index (χ0) is 16.1. The fourth-order valence-electron chi connectivity index (χ4n) is 2.27. The van der Waals surface area contributed by atoms with Gasteiger partial charge >= 0.3 is 0 Å². The number of benzene rings is 1. The molecule has 3 aromatic rings. The summed E-state index contributed by atoms with van der Waals surface area (Å²) in [5.74, 6) is 1.62. The van der Waals surface area contributed by atoms with E-state index in [-0.39, 0.29) is 0 Å². The summed E-state index contributed by atoms with van der Waals surface area (Å²) in [5.41, 5.74) is 0.905. The SMILES string of the molecule is CCc1cnc(CNC(=NC)NCc2cc3ccccc3o2)s1. The quantitative estimate of drug-likeness (QED) is 0.557. The number of aliphatic imine (C=N–C) groups is 1. The van der Waals surface area contributed by atoms with E-state index in [4.69, 9.17) is 4.42 Å². The lowest BCUT2D eigenvalue weighted by atomic mass is 10.2. The molecule has 1 aromatic carbocycles. The van der Waals surface area contributed by atoms with Crippen molar-refractivity contribution >= 4 is 28.3 Å². The third-order valence-electron chi connectivity index (χ3n) is 3.49. The summed E-state index contributed by atoms with van der Waals surface area (Å²) in [6, 6.07) is 10.0. The van der Waals surface area contributed by atoms with Gasteiger partial charge < -0.3 is 15.1 Å². The summed E-state index contributed by atoms with van der Waals surface area (Å²) in [6.07, 6.45) is 2.96. The Morgan fingerprint density at radius 2 is 2.09 bits per heavy atom. The standard InChI is InChI=1S/C17H20N4OS/c1-3-14-10-19-16(23-14)11-21-17(18-2)20-9-13-8-12-6-4-5-7-15(12)22-13/h4-8,10H,3,9,11H2,1-2H3,(H2,18,20,21). The van der Waals surface area contributed by atoms with Crippen LogP contribution in [0.3, 0.4) is 0 Å². The molecule has 0 amide bonds. The molecule has 3 rings (SSSR count). The molecule has 0 aliphatic rings. The van der Waals surface area contributed by atoms with Crippen molar-refractivity contribution in [3.8, 4) is 0 Å². The van der Waals surface area contributed by atoms with E-state index >= 15 is 0 Å². The van der Waals surface area contributed by atoms with Crippen LogP contribution in [0.4, 0.5) is 0 Å². The van der Waals surface area contributed by atoms with Gasteiger partial charge in [-0.2, -0.15) is 0 Å². The Bertz CT molecular complexity index is 773. The van der Waals surface area contributed by atoms with Crippen LogP contribution in [-0.2, 0) is 19.5 Å². The lowest BCUT2D eigenvalue weighted by Crippen LogP contribution is -2.36. The van der Waals surface area contributed by atoms with Crippen molar-refractivity contribution in [1.82, 2.24) is 15.6 Å². The van der Waals surface area contributed by atoms with Crippen LogP contribution in [0.1, 0.15) is 22.6 Å². The van der Waals surface area contributed by atoms with E-state index < -0.39 is 0 Å². The minimum absolute atomic E-state index is 0.590. The Labute approximate surface area is 139 Å². The molecular formula is C17H20N4OS. The van der Waals surface area contributed by atoms with Crippen molar-refractivity contribution in [2.24, 2.45) is 4.99 Å². The van der Waals surface area contributed by atoms with E-state index in [2.05, 4.69) is 27.5 Å². The number of guanidine groups is 1. The third-order valence-corrected chi connectivity index (χ3v) is 4.63. The number of hydrogen-bond donors (Lipinski definition) is 2. The summed E-state index contributed by atoms with van der Waals surface area (Å²) in [7, 11) is 1.76. The number of aryl methyl sites for hydroxylation is 1. The minimum atomic E-state index is 0.590. The van der Waals surface area contributed by atoms with Gasteiger partial charge in [0.2, 0.25) is 0 Å². The highest BCUT2D eigenvalue weighted by Gasteiger charge is 2.05. The first-order valence-corrected chi connectivity index (χ1v) is 8.45. The summed E-state index contributed by atoms with van der Waals surface area (Å²) in [4.78, 5) is 9.92. The molecule has 6 heteroatoms. The second-order valence-corrected chi connectivity index (χ2v) is 6.30. The molecule has 0 radical (unpaired) electrons. The molecule has 2 N–H and O–H groups in total. The van der Waals surface area contributed by atoms with E-state index in [9.17, 15) is 0 Å². The van der Waals surface area contributed by atoms with Gasteiger partial charge in [0.05, 0.1) is 13.1 Å². The zero-order valence-electron chi connectivity index (χ0n) is 13.3. The van der Waals surface area contributed by atoms with Crippen molar-refractivity contribution < 1.29 is 4.42 Å². The molecule has 0 atom stereocenters. The van der Waals surface area contributed by atoms with Gasteiger partial charge in [0.25, 0.3) is 0 Å². The van der Waals surface area contributed by atoms with Gasteiger partial charge in [-0.1, -0.05) is 25.1 Å². The summed E-state index contributed by atoms with van der Waals surface area (Å²) < 4.78 is 5.79. The van der Waals surface area contributed by atoms with Crippen LogP contribution in [0, 0.1) is 0 Å². The number of furan rings is 1. The van der Waals surface area contributed by atoms with Crippen LogP contribution in [0.25, 0.3) is 11.0 Å². The predicted molar refractivity (Wildman–Crippen MR) is 94.7 cm³/mol. The third kappa shape index (κ3) is 3.90. The number of hydrogen-bond acceptors (Lipinski definition) is 4. The highest BCUT2D eigenvalue weighted by atomic mass is 32.1. The maximum Gasteiger partial charge on any atom is 0.191 e. The smallest absolute Gasteiger partial charge is 0.191 e. The van der Waals surface area contributed by atoms with E-state index in [1.807, 2.05) is 36.5 Å². The van der Waals surface area contributed by atoms with E-state index in [0.29, 0.717) is 13.1 Å². The Kier molecular flexibility index (Phi) is 4.92. The van der Waals surface area contributed by atoms with Crippen molar-refractivity contribution in [3.05, 3.63) is 52.2 Å². The molecule has 0 fully saturated rings. The molecule has 0 unspecified atom stereocenters. The Morgan fingerprint density at radius 3 is 2.83 bits per heavy atom. The summed E-state index contributed by atoms with van der Waals surface area (Å²) >= 11 is 1.73. The minimum Gasteiger partial charge on any atom is -0.459 e. The summed E-state index contributed by atoms with van der Waals surface area (Å²) in [5, 5.41) is 8.71. The Balaban J connectivity index is 1.55. The first-order chi connectivity index (χ1) is 11.3. The van der Waals surface area contributed by atoms with Crippen LogP contribution in [0.5, 0.6) is 0 Å². The predicted octanol–water partition coefficient (Wildman–Crippen LogP) is 3.32. The molecule has 0 aliphatic heterocycles. The van der Waals surface area contributed by atoms with Crippen LogP contribution >= 0.6 is 11.3 Å². The molecule has 23 heavy (non-hydrogen) atoms. The largest absolute Gasteiger partial charge is 0.459 e. The number of rotatable bonds is 5. The molecule has 0 bridgehead atoms. The van der Waals surface area contributed by atoms with E-state index in [1.54, 1.807) is 18.4 Å². The Morgan fingerprint density at radius 1 is 1.26 bits per heavy atom. The lowest BCUT2D eigenvalue weighted by molar-refractivity contribution is 0.538. The monoisotopic (exact) mass is 328 g/mol. The maximum absolute atomic E-state index is 5.79. The normalized spacial score (nSPS) is 11.8. The van der Waals surface area contributed by atoms with Gasteiger partial charge in [-0.05, 0) is 18.6 Å².